The Morgan fingerprint density at radius 3 is 2.00 bits per heavy atom. The summed E-state index contributed by atoms with van der Waals surface area (Å²) in [6.07, 6.45) is 20.7. The van der Waals surface area contributed by atoms with Gasteiger partial charge in [-0.05, 0) is 59.3 Å². The second-order valence-corrected chi connectivity index (χ2v) is 10.3. The van der Waals surface area contributed by atoms with Gasteiger partial charge in [0.25, 0.3) is 0 Å². The molecule has 0 aliphatic carbocycles. The molecule has 186 valence electrons. The van der Waals surface area contributed by atoms with Crippen molar-refractivity contribution >= 4 is 12.1 Å². The van der Waals surface area contributed by atoms with Crippen molar-refractivity contribution < 1.29 is 19.1 Å². The van der Waals surface area contributed by atoms with Gasteiger partial charge in [0.1, 0.15) is 11.7 Å². The van der Waals surface area contributed by atoms with E-state index in [9.17, 15) is 9.59 Å². The van der Waals surface area contributed by atoms with Gasteiger partial charge in [-0.1, -0.05) is 70.3 Å². The molecule has 0 saturated carbocycles. The third-order valence-corrected chi connectivity index (χ3v) is 6.03. The Labute approximate surface area is 197 Å². The Bertz CT molecular complexity index is 526. The molecule has 1 heterocycles. The third kappa shape index (κ3) is 14.5. The molecule has 0 aromatic rings. The van der Waals surface area contributed by atoms with Crippen molar-refractivity contribution in [3.8, 4) is 0 Å². The van der Waals surface area contributed by atoms with Crippen LogP contribution in [-0.2, 0) is 14.3 Å². The van der Waals surface area contributed by atoms with Crippen molar-refractivity contribution in [3.05, 3.63) is 12.7 Å². The lowest BCUT2D eigenvalue weighted by molar-refractivity contribution is -0.186. The first-order valence-electron chi connectivity index (χ1n) is 13.1. The smallest absolute Gasteiger partial charge is 0.407 e. The third-order valence-electron chi connectivity index (χ3n) is 6.03. The molecule has 2 atom stereocenters. The van der Waals surface area contributed by atoms with Gasteiger partial charge in [0.15, 0.2) is 0 Å². The fourth-order valence-corrected chi connectivity index (χ4v) is 4.18. The second-order valence-electron chi connectivity index (χ2n) is 10.3. The Hall–Kier alpha value is -1.52. The standard InChI is InChI=1S/C27H49NO4/c1-5-6-7-8-9-12-15-18-21-24-23(25(29)31-24)20-17-14-11-10-13-16-19-22-28-26(30)32-27(2,3)4/h5,23-24H,1,6-22H2,2-4H3,(H,28,30)/t23-,24-/m1/s1. The molecule has 0 bridgehead atoms. The van der Waals surface area contributed by atoms with Gasteiger partial charge in [0, 0.05) is 6.54 Å². The summed E-state index contributed by atoms with van der Waals surface area (Å²) in [5.74, 6) is 0.179. The molecule has 0 radical (unpaired) electrons. The molecule has 1 saturated heterocycles. The van der Waals surface area contributed by atoms with Crippen LogP contribution in [0.15, 0.2) is 12.7 Å². The van der Waals surface area contributed by atoms with Crippen LogP contribution in [0, 0.1) is 5.92 Å². The maximum Gasteiger partial charge on any atom is 0.407 e. The number of hydrogen-bond donors (Lipinski definition) is 1. The van der Waals surface area contributed by atoms with E-state index >= 15 is 0 Å². The number of amides is 1. The minimum atomic E-state index is -0.439. The topological polar surface area (TPSA) is 64.6 Å². The van der Waals surface area contributed by atoms with Gasteiger partial charge in [-0.2, -0.15) is 0 Å². The Morgan fingerprint density at radius 2 is 1.44 bits per heavy atom. The lowest BCUT2D eigenvalue weighted by Crippen LogP contribution is -2.44. The zero-order valence-corrected chi connectivity index (χ0v) is 21.1. The van der Waals surface area contributed by atoms with Crippen LogP contribution in [0.3, 0.4) is 0 Å². The summed E-state index contributed by atoms with van der Waals surface area (Å²) in [6, 6.07) is 0. The minimum Gasteiger partial charge on any atom is -0.461 e. The largest absolute Gasteiger partial charge is 0.461 e. The average molecular weight is 452 g/mol. The van der Waals surface area contributed by atoms with E-state index in [1.165, 1.54) is 64.2 Å². The van der Waals surface area contributed by atoms with Crippen LogP contribution in [0.1, 0.15) is 124 Å². The summed E-state index contributed by atoms with van der Waals surface area (Å²) < 4.78 is 10.6. The van der Waals surface area contributed by atoms with E-state index in [0.29, 0.717) is 6.54 Å². The molecular weight excluding hydrogens is 402 g/mol. The number of cyclic esters (lactones) is 1. The van der Waals surface area contributed by atoms with Gasteiger partial charge in [0.2, 0.25) is 0 Å². The molecule has 5 heteroatoms. The SMILES string of the molecule is C=CCCCCCCCC[C@H]1OC(=O)[C@@H]1CCCCCCCCCNC(=O)OC(C)(C)C. The van der Waals surface area contributed by atoms with Crippen molar-refractivity contribution in [1.29, 1.82) is 0 Å². The number of unbranched alkanes of at least 4 members (excludes halogenated alkanes) is 12. The fraction of sp³-hybridized carbons (Fsp3) is 0.852. The van der Waals surface area contributed by atoms with Crippen molar-refractivity contribution in [2.24, 2.45) is 5.92 Å². The molecule has 1 aliphatic heterocycles. The molecule has 1 fully saturated rings. The Balaban J connectivity index is 1.91. The van der Waals surface area contributed by atoms with Crippen molar-refractivity contribution in [3.63, 3.8) is 0 Å². The number of alkyl carbamates (subject to hydrolysis) is 1. The predicted octanol–water partition coefficient (Wildman–Crippen LogP) is 7.48. The summed E-state index contributed by atoms with van der Waals surface area (Å²) in [5, 5.41) is 2.81. The summed E-state index contributed by atoms with van der Waals surface area (Å²) in [5.41, 5.74) is -0.439. The van der Waals surface area contributed by atoms with E-state index in [2.05, 4.69) is 11.9 Å². The highest BCUT2D eigenvalue weighted by Crippen LogP contribution is 2.31. The van der Waals surface area contributed by atoms with E-state index in [1.54, 1.807) is 0 Å². The first-order valence-corrected chi connectivity index (χ1v) is 13.1. The fourth-order valence-electron chi connectivity index (χ4n) is 4.18. The van der Waals surface area contributed by atoms with E-state index in [-0.39, 0.29) is 24.1 Å². The number of ether oxygens (including phenoxy) is 2. The molecule has 1 aliphatic rings. The molecule has 32 heavy (non-hydrogen) atoms. The number of carbonyl (C=O) groups is 2. The molecule has 1 N–H and O–H groups in total. The van der Waals surface area contributed by atoms with Crippen LogP contribution in [0.5, 0.6) is 0 Å². The maximum atomic E-state index is 11.8. The van der Waals surface area contributed by atoms with Crippen molar-refractivity contribution in [2.75, 3.05) is 6.54 Å². The van der Waals surface area contributed by atoms with Gasteiger partial charge in [-0.3, -0.25) is 4.79 Å². The molecule has 0 spiro atoms. The van der Waals surface area contributed by atoms with Gasteiger partial charge in [-0.25, -0.2) is 4.79 Å². The number of allylic oxidation sites excluding steroid dienone is 1. The summed E-state index contributed by atoms with van der Waals surface area (Å²) in [6.45, 7) is 10.1. The average Bonchev–Trinajstić information content (AvgIpc) is 2.71. The molecule has 0 unspecified atom stereocenters. The lowest BCUT2D eigenvalue weighted by Gasteiger charge is -2.35. The number of hydrogen-bond acceptors (Lipinski definition) is 4. The lowest BCUT2D eigenvalue weighted by atomic mass is 9.87. The predicted molar refractivity (Wildman–Crippen MR) is 132 cm³/mol. The first-order chi connectivity index (χ1) is 15.3. The van der Waals surface area contributed by atoms with Crippen LogP contribution in [0.2, 0.25) is 0 Å². The first kappa shape index (κ1) is 28.5. The van der Waals surface area contributed by atoms with Crippen LogP contribution < -0.4 is 5.32 Å². The molecular formula is C27H49NO4. The zero-order valence-electron chi connectivity index (χ0n) is 21.1. The van der Waals surface area contributed by atoms with Gasteiger partial charge < -0.3 is 14.8 Å². The maximum absolute atomic E-state index is 11.8. The number of carbonyl (C=O) groups excluding carboxylic acids is 2. The normalized spacial score (nSPS) is 18.0. The molecule has 0 aromatic carbocycles. The zero-order chi connectivity index (χ0) is 23.7. The van der Waals surface area contributed by atoms with E-state index in [4.69, 9.17) is 9.47 Å². The molecule has 1 amide bonds. The van der Waals surface area contributed by atoms with E-state index in [0.717, 1.165) is 38.5 Å². The molecule has 0 aromatic heterocycles. The summed E-state index contributed by atoms with van der Waals surface area (Å²) in [7, 11) is 0. The van der Waals surface area contributed by atoms with Crippen LogP contribution in [-0.4, -0.2) is 30.3 Å². The number of esters is 1. The van der Waals surface area contributed by atoms with Crippen molar-refractivity contribution in [1.82, 2.24) is 5.32 Å². The number of rotatable bonds is 19. The van der Waals surface area contributed by atoms with Crippen LogP contribution in [0.4, 0.5) is 4.79 Å². The van der Waals surface area contributed by atoms with E-state index < -0.39 is 5.60 Å². The highest BCUT2D eigenvalue weighted by molar-refractivity contribution is 5.78. The van der Waals surface area contributed by atoms with Crippen LogP contribution in [0.25, 0.3) is 0 Å². The van der Waals surface area contributed by atoms with Gasteiger partial charge >= 0.3 is 12.1 Å². The van der Waals surface area contributed by atoms with Crippen molar-refractivity contribution in [2.45, 2.75) is 135 Å². The Morgan fingerprint density at radius 1 is 0.906 bits per heavy atom. The highest BCUT2D eigenvalue weighted by atomic mass is 16.6. The number of nitrogens with one attached hydrogen (secondary N) is 1. The second kappa shape index (κ2) is 17.0. The minimum absolute atomic E-state index is 0.0249. The summed E-state index contributed by atoms with van der Waals surface area (Å²) >= 11 is 0. The van der Waals surface area contributed by atoms with Gasteiger partial charge in [0.05, 0.1) is 5.92 Å². The summed E-state index contributed by atoms with van der Waals surface area (Å²) in [4.78, 5) is 23.4. The monoisotopic (exact) mass is 451 g/mol. The Kier molecular flexibility index (Phi) is 15.2. The molecule has 1 rings (SSSR count). The molecule has 5 nitrogen and oxygen atoms in total. The quantitative estimate of drug-likeness (QED) is 0.126. The van der Waals surface area contributed by atoms with Gasteiger partial charge in [-0.15, -0.1) is 6.58 Å². The van der Waals surface area contributed by atoms with Crippen LogP contribution >= 0.6 is 0 Å². The highest BCUT2D eigenvalue weighted by Gasteiger charge is 2.40. The van der Waals surface area contributed by atoms with E-state index in [1.807, 2.05) is 26.8 Å².